The van der Waals surface area contributed by atoms with E-state index in [9.17, 15) is 18.3 Å². The van der Waals surface area contributed by atoms with Crippen molar-refractivity contribution in [3.05, 3.63) is 35.4 Å². The lowest BCUT2D eigenvalue weighted by Crippen LogP contribution is -2.28. The Morgan fingerprint density at radius 1 is 1.19 bits per heavy atom. The largest absolute Gasteiger partial charge is 0.416 e. The first-order valence-corrected chi connectivity index (χ1v) is 5.03. The first-order chi connectivity index (χ1) is 7.42. The lowest BCUT2D eigenvalue weighted by molar-refractivity contribution is -0.137. The molecule has 1 fully saturated rings. The zero-order valence-electron chi connectivity index (χ0n) is 8.51. The molecule has 1 heterocycles. The van der Waals surface area contributed by atoms with Crippen LogP contribution in [0.2, 0.25) is 0 Å². The Labute approximate surface area is 91.1 Å². The molecule has 0 bridgehead atoms. The molecule has 2 nitrogen and oxygen atoms in total. The maximum absolute atomic E-state index is 12.3. The number of hydrogen-bond donors (Lipinski definition) is 2. The topological polar surface area (TPSA) is 32.3 Å². The lowest BCUT2D eigenvalue weighted by Gasteiger charge is -2.22. The van der Waals surface area contributed by atoms with Gasteiger partial charge >= 0.3 is 6.18 Å². The van der Waals surface area contributed by atoms with Crippen molar-refractivity contribution >= 4 is 0 Å². The van der Waals surface area contributed by atoms with E-state index in [2.05, 4.69) is 5.32 Å². The van der Waals surface area contributed by atoms with Crippen molar-refractivity contribution in [1.29, 1.82) is 0 Å². The van der Waals surface area contributed by atoms with Gasteiger partial charge < -0.3 is 10.4 Å². The maximum Gasteiger partial charge on any atom is 0.416 e. The van der Waals surface area contributed by atoms with Crippen molar-refractivity contribution in [2.45, 2.75) is 18.2 Å². The van der Waals surface area contributed by atoms with Crippen molar-refractivity contribution < 1.29 is 18.3 Å². The second-order valence-corrected chi connectivity index (χ2v) is 4.03. The van der Waals surface area contributed by atoms with Gasteiger partial charge in [-0.2, -0.15) is 13.2 Å². The van der Waals surface area contributed by atoms with Crippen LogP contribution in [0.25, 0.3) is 0 Å². The van der Waals surface area contributed by atoms with Gasteiger partial charge in [0, 0.05) is 6.54 Å². The maximum atomic E-state index is 12.3. The lowest BCUT2D eigenvalue weighted by atomic mass is 9.92. The van der Waals surface area contributed by atoms with Crippen LogP contribution in [0, 0.1) is 0 Å². The predicted molar refractivity (Wildman–Crippen MR) is 52.8 cm³/mol. The Hall–Kier alpha value is -1.07. The summed E-state index contributed by atoms with van der Waals surface area (Å²) in [7, 11) is 0. The minimum absolute atomic E-state index is 0.387. The molecule has 2 N–H and O–H groups in total. The summed E-state index contributed by atoms with van der Waals surface area (Å²) in [5.41, 5.74) is -1.18. The highest BCUT2D eigenvalue weighted by Crippen LogP contribution is 2.32. The van der Waals surface area contributed by atoms with Crippen molar-refractivity contribution in [3.63, 3.8) is 0 Å². The zero-order valence-corrected chi connectivity index (χ0v) is 8.51. The van der Waals surface area contributed by atoms with Gasteiger partial charge in [-0.3, -0.25) is 0 Å². The molecular weight excluding hydrogens is 219 g/mol. The molecule has 1 saturated heterocycles. The van der Waals surface area contributed by atoms with E-state index >= 15 is 0 Å². The highest BCUT2D eigenvalue weighted by molar-refractivity contribution is 5.29. The highest BCUT2D eigenvalue weighted by Gasteiger charge is 2.34. The second kappa shape index (κ2) is 3.75. The van der Waals surface area contributed by atoms with E-state index in [1.807, 2.05) is 0 Å². The smallest absolute Gasteiger partial charge is 0.384 e. The van der Waals surface area contributed by atoms with Crippen molar-refractivity contribution in [3.8, 4) is 0 Å². The minimum atomic E-state index is -4.32. The third-order valence-corrected chi connectivity index (χ3v) is 2.88. The summed E-state index contributed by atoms with van der Waals surface area (Å²) < 4.78 is 37.0. The van der Waals surface area contributed by atoms with E-state index in [4.69, 9.17) is 0 Å². The first kappa shape index (κ1) is 11.4. The summed E-state index contributed by atoms with van der Waals surface area (Å²) in [5.74, 6) is 0. The van der Waals surface area contributed by atoms with Crippen molar-refractivity contribution in [2.75, 3.05) is 13.1 Å². The molecule has 1 unspecified atom stereocenters. The Morgan fingerprint density at radius 2 is 1.81 bits per heavy atom. The third kappa shape index (κ3) is 2.05. The van der Waals surface area contributed by atoms with E-state index in [0.717, 1.165) is 12.1 Å². The number of aliphatic hydroxyl groups is 1. The summed E-state index contributed by atoms with van der Waals surface area (Å²) in [6.07, 6.45) is -3.80. The number of benzene rings is 1. The summed E-state index contributed by atoms with van der Waals surface area (Å²) in [6.45, 7) is 1.07. The number of alkyl halides is 3. The van der Waals surface area contributed by atoms with Crippen LogP contribution in [0.1, 0.15) is 17.5 Å². The number of halogens is 3. The molecule has 0 amide bonds. The summed E-state index contributed by atoms with van der Waals surface area (Å²) in [6, 6.07) is 4.70. The summed E-state index contributed by atoms with van der Waals surface area (Å²) >= 11 is 0. The number of hydrogen-bond acceptors (Lipinski definition) is 2. The van der Waals surface area contributed by atoms with E-state index in [-0.39, 0.29) is 0 Å². The van der Waals surface area contributed by atoms with Gasteiger partial charge in [0.2, 0.25) is 0 Å². The Balaban J connectivity index is 2.26. The molecule has 1 aromatic rings. The monoisotopic (exact) mass is 231 g/mol. The van der Waals surface area contributed by atoms with Crippen LogP contribution in [0.3, 0.4) is 0 Å². The molecule has 1 aliphatic heterocycles. The molecule has 1 aliphatic rings. The second-order valence-electron chi connectivity index (χ2n) is 4.03. The number of nitrogens with one attached hydrogen (secondary N) is 1. The molecule has 1 atom stereocenters. The molecule has 5 heteroatoms. The fraction of sp³-hybridized carbons (Fsp3) is 0.455. The summed E-state index contributed by atoms with van der Waals surface area (Å²) in [5, 5.41) is 13.1. The Morgan fingerprint density at radius 3 is 2.25 bits per heavy atom. The van der Waals surface area contributed by atoms with Crippen LogP contribution in [0.15, 0.2) is 24.3 Å². The average molecular weight is 231 g/mol. The summed E-state index contributed by atoms with van der Waals surface area (Å²) in [4.78, 5) is 0. The van der Waals surface area contributed by atoms with Gasteiger partial charge in [0.05, 0.1) is 5.56 Å². The number of β-amino-alcohol motifs (C(OH)–C–C–N with tert-alkyl or cyclic N) is 1. The SMILES string of the molecule is OC1(c2ccc(C(F)(F)F)cc2)CCNC1. The first-order valence-electron chi connectivity index (χ1n) is 5.03. The van der Waals surface area contributed by atoms with Crippen LogP contribution >= 0.6 is 0 Å². The molecule has 0 spiro atoms. The molecule has 0 aromatic heterocycles. The van der Waals surface area contributed by atoms with Crippen LogP contribution in [-0.2, 0) is 11.8 Å². The average Bonchev–Trinajstić information content (AvgIpc) is 2.66. The van der Waals surface area contributed by atoms with Gasteiger partial charge in [0.25, 0.3) is 0 Å². The van der Waals surface area contributed by atoms with Crippen LogP contribution in [-0.4, -0.2) is 18.2 Å². The normalized spacial score (nSPS) is 26.0. The minimum Gasteiger partial charge on any atom is -0.384 e. The van der Waals surface area contributed by atoms with Crippen LogP contribution in [0.4, 0.5) is 13.2 Å². The van der Waals surface area contributed by atoms with Gasteiger partial charge in [-0.15, -0.1) is 0 Å². The standard InChI is InChI=1S/C11H12F3NO/c12-11(13,14)9-3-1-8(2-4-9)10(16)5-6-15-7-10/h1-4,15-16H,5-7H2. The Kier molecular flexibility index (Phi) is 2.67. The van der Waals surface area contributed by atoms with E-state index < -0.39 is 17.3 Å². The van der Waals surface area contributed by atoms with Crippen LogP contribution < -0.4 is 5.32 Å². The molecule has 88 valence electrons. The zero-order chi connectivity index (χ0) is 11.8. The number of rotatable bonds is 1. The molecule has 2 rings (SSSR count). The van der Waals surface area contributed by atoms with Crippen molar-refractivity contribution in [2.24, 2.45) is 0 Å². The molecule has 0 aliphatic carbocycles. The van der Waals surface area contributed by atoms with Gasteiger partial charge in [-0.25, -0.2) is 0 Å². The predicted octanol–water partition coefficient (Wildman–Crippen LogP) is 1.89. The van der Waals surface area contributed by atoms with E-state index in [1.54, 1.807) is 0 Å². The van der Waals surface area contributed by atoms with Crippen molar-refractivity contribution in [1.82, 2.24) is 5.32 Å². The van der Waals surface area contributed by atoms with E-state index in [1.165, 1.54) is 12.1 Å². The highest BCUT2D eigenvalue weighted by atomic mass is 19.4. The fourth-order valence-electron chi connectivity index (χ4n) is 1.89. The Bertz CT molecular complexity index is 366. The third-order valence-electron chi connectivity index (χ3n) is 2.88. The van der Waals surface area contributed by atoms with Gasteiger partial charge in [0.1, 0.15) is 5.60 Å². The van der Waals surface area contributed by atoms with Gasteiger partial charge in [0.15, 0.2) is 0 Å². The van der Waals surface area contributed by atoms with Gasteiger partial charge in [-0.05, 0) is 30.7 Å². The molecule has 16 heavy (non-hydrogen) atoms. The van der Waals surface area contributed by atoms with Crippen LogP contribution in [0.5, 0.6) is 0 Å². The molecule has 0 saturated carbocycles. The fourth-order valence-corrected chi connectivity index (χ4v) is 1.89. The quantitative estimate of drug-likeness (QED) is 0.773. The van der Waals surface area contributed by atoms with Gasteiger partial charge in [-0.1, -0.05) is 12.1 Å². The molecule has 0 radical (unpaired) electrons. The van der Waals surface area contributed by atoms with E-state index in [0.29, 0.717) is 25.1 Å². The molecular formula is C11H12F3NO. The molecule has 1 aromatic carbocycles.